The van der Waals surface area contributed by atoms with Crippen LogP contribution in [0.2, 0.25) is 0 Å². The van der Waals surface area contributed by atoms with Gasteiger partial charge >= 0.3 is 0 Å². The minimum atomic E-state index is 1.10. The van der Waals surface area contributed by atoms with Crippen LogP contribution in [0.3, 0.4) is 0 Å². The third-order valence-electron chi connectivity index (χ3n) is 4.45. The van der Waals surface area contributed by atoms with Crippen LogP contribution in [0.15, 0.2) is 93.9 Å². The molecule has 0 amide bonds. The first-order valence-corrected chi connectivity index (χ1v) is 10.0. The van der Waals surface area contributed by atoms with Crippen molar-refractivity contribution in [2.24, 2.45) is 0 Å². The molecule has 0 aliphatic carbocycles. The van der Waals surface area contributed by atoms with Crippen LogP contribution in [0, 0.1) is 0 Å². The third-order valence-corrected chi connectivity index (χ3v) is 5.67. The first-order chi connectivity index (χ1) is 12.7. The van der Waals surface area contributed by atoms with Gasteiger partial charge in [-0.1, -0.05) is 111 Å². The zero-order chi connectivity index (χ0) is 17.9. The van der Waals surface area contributed by atoms with E-state index in [0.29, 0.717) is 0 Å². The topological polar surface area (TPSA) is 0 Å². The number of benzene rings is 4. The van der Waals surface area contributed by atoms with Gasteiger partial charge in [0.1, 0.15) is 0 Å². The van der Waals surface area contributed by atoms with E-state index in [9.17, 15) is 0 Å². The molecule has 26 heavy (non-hydrogen) atoms. The molecule has 0 radical (unpaired) electrons. The van der Waals surface area contributed by atoms with Gasteiger partial charge in [0.2, 0.25) is 0 Å². The maximum absolute atomic E-state index is 3.63. The van der Waals surface area contributed by atoms with Gasteiger partial charge in [0.25, 0.3) is 0 Å². The summed E-state index contributed by atoms with van der Waals surface area (Å²) in [5, 5.41) is 2.49. The molecule has 0 heterocycles. The molecule has 4 aromatic rings. The maximum atomic E-state index is 3.63. The zero-order valence-electron chi connectivity index (χ0n) is 14.0. The Morgan fingerprint density at radius 3 is 1.85 bits per heavy atom. The van der Waals surface area contributed by atoms with E-state index >= 15 is 0 Å². The van der Waals surface area contributed by atoms with Gasteiger partial charge in [-0.05, 0) is 51.2 Å². The van der Waals surface area contributed by atoms with E-state index < -0.39 is 0 Å². The summed E-state index contributed by atoms with van der Waals surface area (Å²) in [6.07, 6.45) is 4.35. The smallest absolute Gasteiger partial charge is 0.0254 e. The van der Waals surface area contributed by atoms with E-state index in [4.69, 9.17) is 0 Å². The monoisotopic (exact) mass is 462 g/mol. The lowest BCUT2D eigenvalue weighted by molar-refractivity contribution is 1.58. The van der Waals surface area contributed by atoms with E-state index in [-0.39, 0.29) is 0 Å². The van der Waals surface area contributed by atoms with Gasteiger partial charge in [0.15, 0.2) is 0 Å². The Kier molecular flexibility index (Phi) is 5.05. The number of rotatable bonds is 3. The molecular formula is C24H16Br2. The average Bonchev–Trinajstić information content (AvgIpc) is 2.69. The highest BCUT2D eigenvalue weighted by molar-refractivity contribution is 9.11. The molecule has 0 nitrogen and oxygen atoms in total. The van der Waals surface area contributed by atoms with Crippen molar-refractivity contribution < 1.29 is 0 Å². The molecule has 0 atom stereocenters. The normalized spacial score (nSPS) is 11.3. The molecular weight excluding hydrogens is 448 g/mol. The number of hydrogen-bond acceptors (Lipinski definition) is 0. The van der Waals surface area contributed by atoms with Gasteiger partial charge < -0.3 is 0 Å². The molecule has 126 valence electrons. The molecule has 0 aliphatic heterocycles. The Morgan fingerprint density at radius 2 is 1.15 bits per heavy atom. The molecule has 0 spiro atoms. The minimum Gasteiger partial charge on any atom is -0.0616 e. The van der Waals surface area contributed by atoms with Crippen LogP contribution in [0.4, 0.5) is 0 Å². The Hall–Kier alpha value is -2.16. The van der Waals surface area contributed by atoms with Gasteiger partial charge in [-0.2, -0.15) is 0 Å². The lowest BCUT2D eigenvalue weighted by Crippen LogP contribution is -1.81. The van der Waals surface area contributed by atoms with Crippen LogP contribution < -0.4 is 0 Å². The van der Waals surface area contributed by atoms with Crippen molar-refractivity contribution in [3.05, 3.63) is 105 Å². The minimum absolute atomic E-state index is 1.10. The summed E-state index contributed by atoms with van der Waals surface area (Å²) < 4.78 is 2.23. The summed E-state index contributed by atoms with van der Waals surface area (Å²) in [5.74, 6) is 0. The van der Waals surface area contributed by atoms with E-state index in [1.807, 2.05) is 0 Å². The second-order valence-electron chi connectivity index (χ2n) is 6.14. The molecule has 0 aromatic heterocycles. The highest BCUT2D eigenvalue weighted by atomic mass is 79.9. The average molecular weight is 464 g/mol. The summed E-state index contributed by atoms with van der Waals surface area (Å²) in [6.45, 7) is 0. The molecule has 0 fully saturated rings. The molecule has 0 saturated heterocycles. The van der Waals surface area contributed by atoms with Crippen LogP contribution >= 0.6 is 31.9 Å². The predicted molar refractivity (Wildman–Crippen MR) is 120 cm³/mol. The largest absolute Gasteiger partial charge is 0.0616 e. The van der Waals surface area contributed by atoms with Gasteiger partial charge in [0, 0.05) is 8.95 Å². The van der Waals surface area contributed by atoms with E-state index in [1.165, 1.54) is 33.0 Å². The number of halogens is 2. The van der Waals surface area contributed by atoms with Crippen LogP contribution in [-0.4, -0.2) is 0 Å². The summed E-state index contributed by atoms with van der Waals surface area (Å²) in [5.41, 5.74) is 4.87. The fourth-order valence-electron chi connectivity index (χ4n) is 3.05. The summed E-state index contributed by atoms with van der Waals surface area (Å²) in [4.78, 5) is 0. The molecule has 4 rings (SSSR count). The Bertz CT molecular complexity index is 1080. The second-order valence-corrected chi connectivity index (χ2v) is 7.91. The summed E-state index contributed by atoms with van der Waals surface area (Å²) in [7, 11) is 0. The fraction of sp³-hybridized carbons (Fsp3) is 0. The van der Waals surface area contributed by atoms with Crippen molar-refractivity contribution in [1.29, 1.82) is 0 Å². The SMILES string of the molecule is Brc1ccc(-c2ccc(C=Cc3ccc(Br)c4ccccc34)cc2)cc1. The summed E-state index contributed by atoms with van der Waals surface area (Å²) in [6, 6.07) is 29.8. The number of fused-ring (bicyclic) bond motifs is 1. The van der Waals surface area contributed by atoms with Gasteiger partial charge in [-0.25, -0.2) is 0 Å². The molecule has 0 bridgehead atoms. The van der Waals surface area contributed by atoms with Crippen LogP contribution in [0.25, 0.3) is 34.1 Å². The van der Waals surface area contributed by atoms with Gasteiger partial charge in [-0.15, -0.1) is 0 Å². The Labute approximate surface area is 170 Å². The zero-order valence-corrected chi connectivity index (χ0v) is 17.2. The molecule has 2 heteroatoms. The maximum Gasteiger partial charge on any atom is 0.0254 e. The lowest BCUT2D eigenvalue weighted by atomic mass is 10.0. The standard InChI is InChI=1S/C24H16Br2/c25-21-14-11-19(12-15-21)18-8-5-17(6-9-18)7-10-20-13-16-24(26)23-4-2-1-3-22(20)23/h1-16H. The third kappa shape index (κ3) is 3.67. The van der Waals surface area contributed by atoms with E-state index in [0.717, 1.165) is 8.95 Å². The first-order valence-electron chi connectivity index (χ1n) is 8.42. The predicted octanol–water partition coefficient (Wildman–Crippen LogP) is 8.20. The van der Waals surface area contributed by atoms with Crippen molar-refractivity contribution in [3.63, 3.8) is 0 Å². The molecule has 0 unspecified atom stereocenters. The Morgan fingerprint density at radius 1 is 0.538 bits per heavy atom. The lowest BCUT2D eigenvalue weighted by Gasteiger charge is -2.05. The molecule has 0 aliphatic rings. The molecule has 0 N–H and O–H groups in total. The van der Waals surface area contributed by atoms with Gasteiger partial charge in [0.05, 0.1) is 0 Å². The van der Waals surface area contributed by atoms with Crippen molar-refractivity contribution >= 4 is 54.8 Å². The van der Waals surface area contributed by atoms with Gasteiger partial charge in [-0.3, -0.25) is 0 Å². The molecule has 0 saturated carbocycles. The van der Waals surface area contributed by atoms with E-state index in [1.54, 1.807) is 0 Å². The first kappa shape index (κ1) is 17.3. The van der Waals surface area contributed by atoms with E-state index in [2.05, 4.69) is 129 Å². The highest BCUT2D eigenvalue weighted by Crippen LogP contribution is 2.28. The highest BCUT2D eigenvalue weighted by Gasteiger charge is 2.02. The summed E-state index contributed by atoms with van der Waals surface area (Å²) >= 11 is 7.12. The van der Waals surface area contributed by atoms with Crippen molar-refractivity contribution in [3.8, 4) is 11.1 Å². The van der Waals surface area contributed by atoms with Crippen molar-refractivity contribution in [1.82, 2.24) is 0 Å². The Balaban J connectivity index is 1.62. The second kappa shape index (κ2) is 7.61. The van der Waals surface area contributed by atoms with Crippen molar-refractivity contribution in [2.75, 3.05) is 0 Å². The van der Waals surface area contributed by atoms with Crippen LogP contribution in [-0.2, 0) is 0 Å². The van der Waals surface area contributed by atoms with Crippen LogP contribution in [0.5, 0.6) is 0 Å². The van der Waals surface area contributed by atoms with Crippen LogP contribution in [0.1, 0.15) is 11.1 Å². The van der Waals surface area contributed by atoms with Crippen molar-refractivity contribution in [2.45, 2.75) is 0 Å². The quantitative estimate of drug-likeness (QED) is 0.268. The number of hydrogen-bond donors (Lipinski definition) is 0. The fourth-order valence-corrected chi connectivity index (χ4v) is 3.79. The molecule has 4 aromatic carbocycles.